The van der Waals surface area contributed by atoms with E-state index >= 15 is 0 Å². The zero-order chi connectivity index (χ0) is 15.6. The van der Waals surface area contributed by atoms with Crippen LogP contribution in [0, 0.1) is 0 Å². The first-order valence-electron chi connectivity index (χ1n) is 6.64. The van der Waals surface area contributed by atoms with Crippen molar-refractivity contribution in [1.82, 2.24) is 9.97 Å². The Hall–Kier alpha value is -2.28. The van der Waals surface area contributed by atoms with Crippen molar-refractivity contribution in [2.45, 2.75) is 13.0 Å². The van der Waals surface area contributed by atoms with Crippen molar-refractivity contribution in [2.75, 3.05) is 38.4 Å². The third-order valence-corrected chi connectivity index (χ3v) is 3.54. The molecule has 2 aromatic rings. The SMILES string of the molecule is COc1cc2nc(N(C)C(C)CN)nc(N)c2cc1OC. The number of likely N-dealkylation sites (N-methyl/N-ethyl adjacent to an activating group) is 1. The van der Waals surface area contributed by atoms with Gasteiger partial charge in [-0.25, -0.2) is 4.98 Å². The van der Waals surface area contributed by atoms with Gasteiger partial charge in [0.25, 0.3) is 0 Å². The molecule has 114 valence electrons. The van der Waals surface area contributed by atoms with Crippen LogP contribution in [0.3, 0.4) is 0 Å². The molecule has 7 heteroatoms. The van der Waals surface area contributed by atoms with Crippen LogP contribution in [0.4, 0.5) is 11.8 Å². The Labute approximate surface area is 123 Å². The lowest BCUT2D eigenvalue weighted by atomic mass is 10.2. The van der Waals surface area contributed by atoms with E-state index in [1.165, 1.54) is 0 Å². The van der Waals surface area contributed by atoms with Crippen molar-refractivity contribution in [3.05, 3.63) is 12.1 Å². The van der Waals surface area contributed by atoms with Gasteiger partial charge in [-0.1, -0.05) is 0 Å². The number of rotatable bonds is 5. The van der Waals surface area contributed by atoms with Gasteiger partial charge in [0.1, 0.15) is 5.82 Å². The highest BCUT2D eigenvalue weighted by Gasteiger charge is 2.16. The lowest BCUT2D eigenvalue weighted by molar-refractivity contribution is 0.356. The third kappa shape index (κ3) is 2.78. The smallest absolute Gasteiger partial charge is 0.227 e. The van der Waals surface area contributed by atoms with Gasteiger partial charge in [0, 0.05) is 31.1 Å². The Morgan fingerprint density at radius 1 is 1.19 bits per heavy atom. The average Bonchev–Trinajstić information content (AvgIpc) is 2.51. The second-order valence-electron chi connectivity index (χ2n) is 4.83. The van der Waals surface area contributed by atoms with Crippen molar-refractivity contribution in [2.24, 2.45) is 5.73 Å². The molecule has 4 N–H and O–H groups in total. The number of nitrogens with zero attached hydrogens (tertiary/aromatic N) is 3. The van der Waals surface area contributed by atoms with E-state index in [0.29, 0.717) is 35.3 Å². The second kappa shape index (κ2) is 6.01. The van der Waals surface area contributed by atoms with Crippen LogP contribution in [0.15, 0.2) is 12.1 Å². The minimum atomic E-state index is 0.113. The monoisotopic (exact) mass is 291 g/mol. The lowest BCUT2D eigenvalue weighted by Crippen LogP contribution is -2.36. The predicted molar refractivity (Wildman–Crippen MR) is 84.0 cm³/mol. The molecule has 0 spiro atoms. The van der Waals surface area contributed by atoms with E-state index in [2.05, 4.69) is 9.97 Å². The van der Waals surface area contributed by atoms with Crippen molar-refractivity contribution >= 4 is 22.7 Å². The molecule has 0 bridgehead atoms. The normalized spacial score (nSPS) is 12.2. The van der Waals surface area contributed by atoms with E-state index in [1.807, 2.05) is 18.9 Å². The van der Waals surface area contributed by atoms with Crippen molar-refractivity contribution in [1.29, 1.82) is 0 Å². The van der Waals surface area contributed by atoms with E-state index in [0.717, 1.165) is 5.39 Å². The molecule has 0 saturated carbocycles. The van der Waals surface area contributed by atoms with Crippen molar-refractivity contribution in [3.8, 4) is 11.5 Å². The summed E-state index contributed by atoms with van der Waals surface area (Å²) in [5.41, 5.74) is 12.4. The molecule has 2 rings (SSSR count). The van der Waals surface area contributed by atoms with Crippen LogP contribution in [0.2, 0.25) is 0 Å². The summed E-state index contributed by atoms with van der Waals surface area (Å²) in [6, 6.07) is 3.68. The average molecular weight is 291 g/mol. The zero-order valence-corrected chi connectivity index (χ0v) is 12.8. The lowest BCUT2D eigenvalue weighted by Gasteiger charge is -2.24. The van der Waals surface area contributed by atoms with Gasteiger partial charge in [-0.05, 0) is 13.0 Å². The molecule has 0 fully saturated rings. The molecule has 1 atom stereocenters. The molecule has 1 unspecified atom stereocenters. The molecule has 21 heavy (non-hydrogen) atoms. The fourth-order valence-electron chi connectivity index (χ4n) is 1.98. The number of methoxy groups -OCH3 is 2. The zero-order valence-electron chi connectivity index (χ0n) is 12.8. The van der Waals surface area contributed by atoms with E-state index < -0.39 is 0 Å². The summed E-state index contributed by atoms with van der Waals surface area (Å²) < 4.78 is 10.6. The van der Waals surface area contributed by atoms with Crippen LogP contribution < -0.4 is 25.8 Å². The summed E-state index contributed by atoms with van der Waals surface area (Å²) in [5, 5.41) is 0.727. The standard InChI is InChI=1S/C14H21N5O2/c1-8(7-15)19(2)14-17-10-6-12(21-4)11(20-3)5-9(10)13(16)18-14/h5-6,8H,7,15H2,1-4H3,(H2,16,17,18). The Morgan fingerprint density at radius 2 is 1.81 bits per heavy atom. The van der Waals surface area contributed by atoms with Gasteiger partial charge < -0.3 is 25.8 Å². The van der Waals surface area contributed by atoms with Gasteiger partial charge in [0.2, 0.25) is 5.95 Å². The first-order chi connectivity index (χ1) is 10.0. The number of aromatic nitrogens is 2. The van der Waals surface area contributed by atoms with Gasteiger partial charge in [0.15, 0.2) is 11.5 Å². The summed E-state index contributed by atoms with van der Waals surface area (Å²) >= 11 is 0. The summed E-state index contributed by atoms with van der Waals surface area (Å²) in [5.74, 6) is 2.12. The van der Waals surface area contributed by atoms with E-state index in [-0.39, 0.29) is 6.04 Å². The first-order valence-corrected chi connectivity index (χ1v) is 6.64. The molecule has 0 aliphatic carbocycles. The van der Waals surface area contributed by atoms with Crippen LogP contribution in [0.1, 0.15) is 6.92 Å². The van der Waals surface area contributed by atoms with E-state index in [4.69, 9.17) is 20.9 Å². The number of benzene rings is 1. The molecule has 0 aliphatic rings. The molecule has 0 saturated heterocycles. The number of anilines is 2. The highest BCUT2D eigenvalue weighted by molar-refractivity contribution is 5.91. The van der Waals surface area contributed by atoms with Crippen LogP contribution in [0.25, 0.3) is 10.9 Å². The fourth-order valence-corrected chi connectivity index (χ4v) is 1.98. The number of hydrogen-bond acceptors (Lipinski definition) is 7. The minimum absolute atomic E-state index is 0.113. The maximum absolute atomic E-state index is 6.05. The van der Waals surface area contributed by atoms with Gasteiger partial charge in [-0.3, -0.25) is 0 Å². The van der Waals surface area contributed by atoms with Gasteiger partial charge in [0.05, 0.1) is 19.7 Å². The van der Waals surface area contributed by atoms with Gasteiger partial charge in [-0.15, -0.1) is 0 Å². The summed E-state index contributed by atoms with van der Waals surface area (Å²) in [4.78, 5) is 10.8. The number of nitrogens with two attached hydrogens (primary N) is 2. The molecule has 7 nitrogen and oxygen atoms in total. The quantitative estimate of drug-likeness (QED) is 0.848. The maximum atomic E-state index is 6.05. The van der Waals surface area contributed by atoms with E-state index in [1.54, 1.807) is 26.4 Å². The van der Waals surface area contributed by atoms with Crippen LogP contribution in [0.5, 0.6) is 11.5 Å². The summed E-state index contributed by atoms with van der Waals surface area (Å²) in [6.45, 7) is 2.50. The Balaban J connectivity index is 2.59. The molecular formula is C14H21N5O2. The first kappa shape index (κ1) is 15.1. The Kier molecular flexibility index (Phi) is 4.32. The summed E-state index contributed by atoms with van der Waals surface area (Å²) in [6.07, 6.45) is 0. The molecule has 0 radical (unpaired) electrons. The van der Waals surface area contributed by atoms with E-state index in [9.17, 15) is 0 Å². The predicted octanol–water partition coefficient (Wildman–Crippen LogP) is 1.01. The second-order valence-corrected chi connectivity index (χ2v) is 4.83. The van der Waals surface area contributed by atoms with Gasteiger partial charge >= 0.3 is 0 Å². The number of fused-ring (bicyclic) bond motifs is 1. The molecule has 1 heterocycles. The highest BCUT2D eigenvalue weighted by atomic mass is 16.5. The van der Waals surface area contributed by atoms with Gasteiger partial charge in [-0.2, -0.15) is 4.98 Å². The van der Waals surface area contributed by atoms with Crippen molar-refractivity contribution in [3.63, 3.8) is 0 Å². The molecule has 0 amide bonds. The number of nitrogen functional groups attached to an aromatic ring is 1. The maximum Gasteiger partial charge on any atom is 0.227 e. The van der Waals surface area contributed by atoms with Crippen LogP contribution in [-0.4, -0.2) is 43.8 Å². The fraction of sp³-hybridized carbons (Fsp3) is 0.429. The molecule has 1 aromatic heterocycles. The molecule has 0 aliphatic heterocycles. The van der Waals surface area contributed by atoms with Crippen molar-refractivity contribution < 1.29 is 9.47 Å². The Bertz CT molecular complexity index is 647. The minimum Gasteiger partial charge on any atom is -0.493 e. The molecule has 1 aromatic carbocycles. The highest BCUT2D eigenvalue weighted by Crippen LogP contribution is 2.34. The number of hydrogen-bond donors (Lipinski definition) is 2. The van der Waals surface area contributed by atoms with Crippen LogP contribution >= 0.6 is 0 Å². The van der Waals surface area contributed by atoms with Crippen LogP contribution in [-0.2, 0) is 0 Å². The molecular weight excluding hydrogens is 270 g/mol. The number of ether oxygens (including phenoxy) is 2. The summed E-state index contributed by atoms with van der Waals surface area (Å²) in [7, 11) is 5.04. The third-order valence-electron chi connectivity index (χ3n) is 3.54. The Morgan fingerprint density at radius 3 is 2.38 bits per heavy atom. The largest absolute Gasteiger partial charge is 0.493 e. The topological polar surface area (TPSA) is 99.5 Å².